The van der Waals surface area contributed by atoms with E-state index in [0.29, 0.717) is 23.0 Å². The molecule has 0 unspecified atom stereocenters. The third-order valence-corrected chi connectivity index (χ3v) is 3.84. The molecule has 7 heteroatoms. The first-order valence-corrected chi connectivity index (χ1v) is 7.90. The molecule has 0 aliphatic carbocycles. The van der Waals surface area contributed by atoms with Gasteiger partial charge in [0, 0.05) is 12.8 Å². The van der Waals surface area contributed by atoms with E-state index in [4.69, 9.17) is 21.1 Å². The summed E-state index contributed by atoms with van der Waals surface area (Å²) in [5.41, 5.74) is 0.635. The van der Waals surface area contributed by atoms with Gasteiger partial charge in [-0.25, -0.2) is 0 Å². The minimum atomic E-state index is -0.262. The summed E-state index contributed by atoms with van der Waals surface area (Å²) in [6.45, 7) is 1.40. The van der Waals surface area contributed by atoms with Gasteiger partial charge in [-0.15, -0.1) is 0 Å². The van der Waals surface area contributed by atoms with Crippen LogP contribution >= 0.6 is 11.6 Å². The maximum absolute atomic E-state index is 11.9. The highest BCUT2D eigenvalue weighted by Crippen LogP contribution is 2.23. The number of nitrogens with zero attached hydrogens (tertiary/aromatic N) is 2. The molecule has 0 saturated carbocycles. The van der Waals surface area contributed by atoms with E-state index in [9.17, 15) is 4.79 Å². The van der Waals surface area contributed by atoms with Gasteiger partial charge in [0.05, 0.1) is 29.6 Å². The maximum Gasteiger partial charge on any atom is 0.262 e. The summed E-state index contributed by atoms with van der Waals surface area (Å²) >= 11 is 5.97. The Morgan fingerprint density at radius 1 is 1.48 bits per heavy atom. The van der Waals surface area contributed by atoms with E-state index in [1.807, 2.05) is 0 Å². The molecule has 1 fully saturated rings. The van der Waals surface area contributed by atoms with Crippen LogP contribution in [0.4, 0.5) is 5.69 Å². The molecule has 23 heavy (non-hydrogen) atoms. The van der Waals surface area contributed by atoms with E-state index in [2.05, 4.69) is 10.4 Å². The van der Waals surface area contributed by atoms with Crippen LogP contribution in [0.1, 0.15) is 12.8 Å². The van der Waals surface area contributed by atoms with Crippen molar-refractivity contribution in [3.8, 4) is 5.75 Å². The summed E-state index contributed by atoms with van der Waals surface area (Å²) in [6.07, 6.45) is 5.75. The third-order valence-electron chi connectivity index (χ3n) is 3.53. The molecule has 2 heterocycles. The first kappa shape index (κ1) is 15.8. The van der Waals surface area contributed by atoms with Crippen molar-refractivity contribution in [2.75, 3.05) is 18.5 Å². The Balaban J connectivity index is 1.48. The van der Waals surface area contributed by atoms with E-state index >= 15 is 0 Å². The Kier molecular flexibility index (Phi) is 5.15. The molecule has 0 bridgehead atoms. The molecule has 1 amide bonds. The minimum Gasteiger partial charge on any atom is -0.482 e. The van der Waals surface area contributed by atoms with E-state index < -0.39 is 0 Å². The number of anilines is 1. The molecule has 6 nitrogen and oxygen atoms in total. The lowest BCUT2D eigenvalue weighted by Gasteiger charge is -2.09. The van der Waals surface area contributed by atoms with Gasteiger partial charge in [-0.05, 0) is 25.0 Å². The fraction of sp³-hybridized carbons (Fsp3) is 0.375. The predicted octanol–water partition coefficient (Wildman–Crippen LogP) is 2.73. The van der Waals surface area contributed by atoms with Gasteiger partial charge in [0.2, 0.25) is 0 Å². The van der Waals surface area contributed by atoms with E-state index in [1.54, 1.807) is 41.3 Å². The first-order chi connectivity index (χ1) is 11.2. The number of para-hydroxylation sites is 1. The number of nitrogens with one attached hydrogen (secondary N) is 1. The number of carbonyl (C=O) groups excluding carboxylic acids is 1. The molecule has 1 aromatic carbocycles. The maximum atomic E-state index is 11.9. The lowest BCUT2D eigenvalue weighted by Crippen LogP contribution is -2.20. The van der Waals surface area contributed by atoms with Crippen LogP contribution in [0.5, 0.6) is 5.75 Å². The third kappa shape index (κ3) is 4.46. The van der Waals surface area contributed by atoms with Crippen LogP contribution < -0.4 is 10.1 Å². The van der Waals surface area contributed by atoms with Crippen molar-refractivity contribution in [1.29, 1.82) is 0 Å². The second-order valence-electron chi connectivity index (χ2n) is 5.35. The zero-order valence-corrected chi connectivity index (χ0v) is 13.3. The number of benzene rings is 1. The van der Waals surface area contributed by atoms with E-state index in [1.165, 1.54) is 0 Å². The second kappa shape index (κ2) is 7.48. The van der Waals surface area contributed by atoms with Gasteiger partial charge in [-0.1, -0.05) is 23.7 Å². The number of carbonyl (C=O) groups is 1. The minimum absolute atomic E-state index is 0.110. The number of rotatable bonds is 6. The average Bonchev–Trinajstić information content (AvgIpc) is 3.19. The van der Waals surface area contributed by atoms with Gasteiger partial charge in [0.1, 0.15) is 5.75 Å². The van der Waals surface area contributed by atoms with Crippen LogP contribution in [0.2, 0.25) is 5.02 Å². The Morgan fingerprint density at radius 3 is 3.13 bits per heavy atom. The molecule has 1 N–H and O–H groups in total. The van der Waals surface area contributed by atoms with Gasteiger partial charge < -0.3 is 14.8 Å². The summed E-state index contributed by atoms with van der Waals surface area (Å²) < 4.78 is 12.7. The van der Waals surface area contributed by atoms with Gasteiger partial charge in [0.15, 0.2) is 6.61 Å². The van der Waals surface area contributed by atoms with Crippen molar-refractivity contribution in [3.05, 3.63) is 41.7 Å². The van der Waals surface area contributed by atoms with Crippen molar-refractivity contribution < 1.29 is 14.3 Å². The zero-order valence-electron chi connectivity index (χ0n) is 12.6. The van der Waals surface area contributed by atoms with Crippen LogP contribution in [-0.4, -0.2) is 35.0 Å². The molecule has 2 aromatic rings. The van der Waals surface area contributed by atoms with Crippen LogP contribution in [-0.2, 0) is 16.1 Å². The number of amides is 1. The van der Waals surface area contributed by atoms with Crippen molar-refractivity contribution in [2.45, 2.75) is 25.5 Å². The Hall–Kier alpha value is -2.05. The Morgan fingerprint density at radius 2 is 2.35 bits per heavy atom. The Bertz CT molecular complexity index is 668. The smallest absolute Gasteiger partial charge is 0.262 e. The average molecular weight is 336 g/mol. The number of hydrogen-bond donors (Lipinski definition) is 1. The topological polar surface area (TPSA) is 65.4 Å². The highest BCUT2D eigenvalue weighted by Gasteiger charge is 2.16. The van der Waals surface area contributed by atoms with Crippen molar-refractivity contribution in [1.82, 2.24) is 9.78 Å². The van der Waals surface area contributed by atoms with Gasteiger partial charge in [-0.3, -0.25) is 9.48 Å². The molecular weight excluding hydrogens is 318 g/mol. The summed E-state index contributed by atoms with van der Waals surface area (Å²) in [4.78, 5) is 11.9. The van der Waals surface area contributed by atoms with E-state index in [-0.39, 0.29) is 18.6 Å². The van der Waals surface area contributed by atoms with Crippen LogP contribution in [0.25, 0.3) is 0 Å². The zero-order chi connectivity index (χ0) is 16.1. The highest BCUT2D eigenvalue weighted by atomic mass is 35.5. The largest absolute Gasteiger partial charge is 0.482 e. The first-order valence-electron chi connectivity index (χ1n) is 7.52. The standard InChI is InChI=1S/C16H18ClN3O3/c17-14-5-1-2-6-15(14)23-11-16(21)19-12-8-18-20(9-12)10-13-4-3-7-22-13/h1-2,5-6,8-9,13H,3-4,7,10-11H2,(H,19,21)/t13-/m1/s1. The van der Waals surface area contributed by atoms with Crippen LogP contribution in [0.3, 0.4) is 0 Å². The number of hydrogen-bond acceptors (Lipinski definition) is 4. The van der Waals surface area contributed by atoms with Crippen molar-refractivity contribution in [2.24, 2.45) is 0 Å². The molecule has 1 aromatic heterocycles. The molecule has 1 saturated heterocycles. The quantitative estimate of drug-likeness (QED) is 0.881. The lowest BCUT2D eigenvalue weighted by atomic mass is 10.2. The molecule has 1 aliphatic rings. The number of ether oxygens (including phenoxy) is 2. The van der Waals surface area contributed by atoms with Gasteiger partial charge >= 0.3 is 0 Å². The van der Waals surface area contributed by atoms with Crippen molar-refractivity contribution >= 4 is 23.2 Å². The number of halogens is 1. The SMILES string of the molecule is O=C(COc1ccccc1Cl)Nc1cnn(C[C@H]2CCCO2)c1. The summed E-state index contributed by atoms with van der Waals surface area (Å²) in [7, 11) is 0. The van der Waals surface area contributed by atoms with Crippen LogP contribution in [0, 0.1) is 0 Å². The lowest BCUT2D eigenvalue weighted by molar-refractivity contribution is -0.118. The molecule has 1 atom stereocenters. The second-order valence-corrected chi connectivity index (χ2v) is 5.76. The summed E-state index contributed by atoms with van der Waals surface area (Å²) in [5.74, 6) is 0.222. The summed E-state index contributed by atoms with van der Waals surface area (Å²) in [6, 6.07) is 7.03. The Labute approximate surface area is 139 Å². The normalized spacial score (nSPS) is 17.2. The van der Waals surface area contributed by atoms with Crippen LogP contribution in [0.15, 0.2) is 36.7 Å². The van der Waals surface area contributed by atoms with Crippen molar-refractivity contribution in [3.63, 3.8) is 0 Å². The molecule has 0 spiro atoms. The van der Waals surface area contributed by atoms with Gasteiger partial charge in [-0.2, -0.15) is 5.10 Å². The monoisotopic (exact) mass is 335 g/mol. The predicted molar refractivity (Wildman–Crippen MR) is 86.8 cm³/mol. The van der Waals surface area contributed by atoms with Gasteiger partial charge in [0.25, 0.3) is 5.91 Å². The van der Waals surface area contributed by atoms with E-state index in [0.717, 1.165) is 19.4 Å². The fourth-order valence-corrected chi connectivity index (χ4v) is 2.62. The summed E-state index contributed by atoms with van der Waals surface area (Å²) in [5, 5.41) is 7.45. The fourth-order valence-electron chi connectivity index (χ4n) is 2.43. The molecule has 1 aliphatic heterocycles. The molecular formula is C16H18ClN3O3. The number of aromatic nitrogens is 2. The molecule has 122 valence electrons. The highest BCUT2D eigenvalue weighted by molar-refractivity contribution is 6.32. The molecule has 0 radical (unpaired) electrons. The molecule has 3 rings (SSSR count).